The lowest BCUT2D eigenvalue weighted by atomic mass is 9.98. The maximum absolute atomic E-state index is 14.3. The molecule has 224 valence electrons. The largest absolute Gasteiger partial charge is 0.478 e. The molecule has 10 heteroatoms. The first kappa shape index (κ1) is 30.1. The van der Waals surface area contributed by atoms with Crippen LogP contribution in [-0.4, -0.2) is 64.5 Å². The lowest BCUT2D eigenvalue weighted by molar-refractivity contribution is -0.121. The van der Waals surface area contributed by atoms with Crippen LogP contribution < -0.4 is 5.32 Å². The summed E-state index contributed by atoms with van der Waals surface area (Å²) in [6, 6.07) is 19.2. The molecule has 0 spiro atoms. The van der Waals surface area contributed by atoms with Gasteiger partial charge in [0.15, 0.2) is 11.6 Å². The zero-order chi connectivity index (χ0) is 30.7. The highest BCUT2D eigenvalue weighted by Crippen LogP contribution is 2.37. The number of para-hydroxylation sites is 1. The lowest BCUT2D eigenvalue weighted by Crippen LogP contribution is -2.40. The number of nitrogens with one attached hydrogen (secondary N) is 1. The lowest BCUT2D eigenvalue weighted by Gasteiger charge is -2.28. The van der Waals surface area contributed by atoms with E-state index in [9.17, 15) is 23.5 Å². The predicted molar refractivity (Wildman–Crippen MR) is 158 cm³/mol. The fourth-order valence-electron chi connectivity index (χ4n) is 5.95. The van der Waals surface area contributed by atoms with Crippen molar-refractivity contribution in [3.05, 3.63) is 107 Å². The van der Waals surface area contributed by atoms with Gasteiger partial charge in [-0.15, -0.1) is 0 Å². The van der Waals surface area contributed by atoms with E-state index in [-0.39, 0.29) is 36.0 Å². The summed E-state index contributed by atoms with van der Waals surface area (Å²) in [7, 11) is 3.56. The summed E-state index contributed by atoms with van der Waals surface area (Å²) in [4.78, 5) is 27.1. The summed E-state index contributed by atoms with van der Waals surface area (Å²) in [5.41, 5.74) is 4.39. The molecule has 0 saturated carbocycles. The van der Waals surface area contributed by atoms with Gasteiger partial charge in [-0.3, -0.25) is 9.69 Å². The topological polar surface area (TPSA) is 96.7 Å². The number of carboxylic acid groups (broad SMARTS) is 1. The van der Waals surface area contributed by atoms with Crippen molar-refractivity contribution in [2.75, 3.05) is 20.8 Å². The molecule has 1 aliphatic rings. The molecule has 3 aromatic carbocycles. The molecule has 43 heavy (non-hydrogen) atoms. The number of carbonyl (C=O) groups excluding carboxylic acids is 1. The molecule has 8 nitrogen and oxygen atoms in total. The SMILES string of the molecule is COCC[C@@H]1C[C@@H](NC(=O)Cc2c(C)c(-c3ccc(C(=O)O)cc3)nn2-c2ccccc2)[C@H](c2ccc(F)c(F)c2)N1C. The van der Waals surface area contributed by atoms with Gasteiger partial charge in [-0.2, -0.15) is 5.10 Å². The van der Waals surface area contributed by atoms with Gasteiger partial charge in [-0.25, -0.2) is 18.3 Å². The van der Waals surface area contributed by atoms with Gasteiger partial charge in [0.2, 0.25) is 5.91 Å². The molecular weight excluding hydrogens is 554 g/mol. The normalized spacial score (nSPS) is 18.6. The van der Waals surface area contributed by atoms with E-state index in [2.05, 4.69) is 10.2 Å². The zero-order valence-electron chi connectivity index (χ0n) is 24.3. The molecule has 0 aliphatic carbocycles. The Morgan fingerprint density at radius 3 is 2.42 bits per heavy atom. The molecule has 1 aromatic heterocycles. The Kier molecular flexibility index (Phi) is 8.98. The van der Waals surface area contributed by atoms with Gasteiger partial charge in [0, 0.05) is 31.4 Å². The second-order valence-electron chi connectivity index (χ2n) is 10.9. The number of likely N-dealkylation sites (tertiary alicyclic amines) is 1. The van der Waals surface area contributed by atoms with Crippen LogP contribution in [0, 0.1) is 18.6 Å². The van der Waals surface area contributed by atoms with Crippen LogP contribution in [0.1, 0.15) is 46.1 Å². The van der Waals surface area contributed by atoms with Gasteiger partial charge in [-0.1, -0.05) is 36.4 Å². The minimum absolute atomic E-state index is 0.0222. The van der Waals surface area contributed by atoms with Crippen molar-refractivity contribution in [3.63, 3.8) is 0 Å². The number of ether oxygens (including phenoxy) is 1. The van der Waals surface area contributed by atoms with E-state index in [1.165, 1.54) is 18.2 Å². The number of hydrogen-bond donors (Lipinski definition) is 2. The number of amides is 1. The van der Waals surface area contributed by atoms with E-state index in [0.717, 1.165) is 29.3 Å². The summed E-state index contributed by atoms with van der Waals surface area (Å²) in [5, 5.41) is 17.3. The van der Waals surface area contributed by atoms with Gasteiger partial charge in [0.05, 0.1) is 35.1 Å². The molecule has 5 rings (SSSR count). The molecule has 2 N–H and O–H groups in total. The third-order valence-electron chi connectivity index (χ3n) is 8.19. The molecule has 1 saturated heterocycles. The van der Waals surface area contributed by atoms with Gasteiger partial charge in [-0.05, 0) is 74.3 Å². The highest BCUT2D eigenvalue weighted by molar-refractivity contribution is 5.88. The molecule has 0 bridgehead atoms. The number of hydrogen-bond acceptors (Lipinski definition) is 5. The monoisotopic (exact) mass is 588 g/mol. The van der Waals surface area contributed by atoms with E-state index in [1.54, 1.807) is 30.0 Å². The van der Waals surface area contributed by atoms with Crippen LogP contribution in [0.2, 0.25) is 0 Å². The molecule has 0 radical (unpaired) electrons. The number of carboxylic acids is 1. The van der Waals surface area contributed by atoms with E-state index < -0.39 is 17.6 Å². The number of likely N-dealkylation sites (N-methyl/N-ethyl adjacent to an activating group) is 1. The fourth-order valence-corrected chi connectivity index (χ4v) is 5.95. The first-order valence-electron chi connectivity index (χ1n) is 14.1. The summed E-state index contributed by atoms with van der Waals surface area (Å²) in [6.45, 7) is 2.43. The predicted octanol–water partition coefficient (Wildman–Crippen LogP) is 5.33. The Morgan fingerprint density at radius 1 is 1.05 bits per heavy atom. The van der Waals surface area contributed by atoms with E-state index in [4.69, 9.17) is 9.84 Å². The van der Waals surface area contributed by atoms with Crippen LogP contribution in [0.4, 0.5) is 8.78 Å². The average molecular weight is 589 g/mol. The third kappa shape index (κ3) is 6.35. The standard InChI is InChI=1S/C33H34F2N4O4/c1-20-29(39(24-7-5-4-6-8-24)37-31(20)21-9-11-22(12-10-21)33(41)42)19-30(40)36-28-18-25(15-16-43-3)38(2)32(28)23-13-14-26(34)27(35)17-23/h4-14,17,25,28,32H,15-16,18-19H2,1-3H3,(H,36,40)(H,41,42)/t25-,28-,32+/m1/s1. The first-order chi connectivity index (χ1) is 20.7. The smallest absolute Gasteiger partial charge is 0.335 e. The highest BCUT2D eigenvalue weighted by Gasteiger charge is 2.40. The van der Waals surface area contributed by atoms with E-state index in [0.29, 0.717) is 30.0 Å². The third-order valence-corrected chi connectivity index (χ3v) is 8.19. The summed E-state index contributed by atoms with van der Waals surface area (Å²) in [6.07, 6.45) is 1.37. The van der Waals surface area contributed by atoms with Crippen molar-refractivity contribution in [1.82, 2.24) is 20.0 Å². The molecule has 1 fully saturated rings. The van der Waals surface area contributed by atoms with Crippen molar-refractivity contribution in [3.8, 4) is 16.9 Å². The number of nitrogens with zero attached hydrogens (tertiary/aromatic N) is 3. The summed E-state index contributed by atoms with van der Waals surface area (Å²) >= 11 is 0. The minimum Gasteiger partial charge on any atom is -0.478 e. The van der Waals surface area contributed by atoms with Crippen molar-refractivity contribution < 1.29 is 28.2 Å². The van der Waals surface area contributed by atoms with Crippen molar-refractivity contribution in [2.24, 2.45) is 0 Å². The van der Waals surface area contributed by atoms with Crippen molar-refractivity contribution in [2.45, 2.75) is 44.3 Å². The average Bonchev–Trinajstić information content (AvgIpc) is 3.49. The van der Waals surface area contributed by atoms with Crippen molar-refractivity contribution >= 4 is 11.9 Å². The van der Waals surface area contributed by atoms with Crippen molar-refractivity contribution in [1.29, 1.82) is 0 Å². The molecule has 0 unspecified atom stereocenters. The van der Waals surface area contributed by atoms with E-state index >= 15 is 0 Å². The maximum atomic E-state index is 14.3. The molecular formula is C33H34F2N4O4. The Labute approximate surface area is 248 Å². The number of halogens is 2. The number of aromatic nitrogens is 2. The van der Waals surface area contributed by atoms with Gasteiger partial charge < -0.3 is 15.2 Å². The molecule has 3 atom stereocenters. The Bertz CT molecular complexity index is 1610. The summed E-state index contributed by atoms with van der Waals surface area (Å²) in [5.74, 6) is -3.09. The van der Waals surface area contributed by atoms with Gasteiger partial charge in [0.1, 0.15) is 0 Å². The number of methoxy groups -OCH3 is 1. The number of carbonyl (C=O) groups is 2. The fraction of sp³-hybridized carbons (Fsp3) is 0.303. The zero-order valence-corrected chi connectivity index (χ0v) is 24.3. The number of rotatable bonds is 10. The van der Waals surface area contributed by atoms with Crippen LogP contribution in [0.5, 0.6) is 0 Å². The molecule has 1 amide bonds. The number of aromatic carboxylic acids is 1. The van der Waals surface area contributed by atoms with Crippen LogP contribution in [0.15, 0.2) is 72.8 Å². The quantitative estimate of drug-likeness (QED) is 0.260. The van der Waals surface area contributed by atoms with Crippen LogP contribution >= 0.6 is 0 Å². The minimum atomic E-state index is -1.01. The van der Waals surface area contributed by atoms with Crippen LogP contribution in [0.25, 0.3) is 16.9 Å². The molecule has 4 aromatic rings. The first-order valence-corrected chi connectivity index (χ1v) is 14.1. The highest BCUT2D eigenvalue weighted by atomic mass is 19.2. The Hall–Kier alpha value is -4.41. The second-order valence-corrected chi connectivity index (χ2v) is 10.9. The van der Waals surface area contributed by atoms with Crippen LogP contribution in [0.3, 0.4) is 0 Å². The Balaban J connectivity index is 1.45. The van der Waals surface area contributed by atoms with Gasteiger partial charge >= 0.3 is 5.97 Å². The van der Waals surface area contributed by atoms with E-state index in [1.807, 2.05) is 44.3 Å². The number of benzene rings is 3. The van der Waals surface area contributed by atoms with Gasteiger partial charge in [0.25, 0.3) is 0 Å². The summed E-state index contributed by atoms with van der Waals surface area (Å²) < 4.78 is 35.0. The second kappa shape index (κ2) is 12.8. The maximum Gasteiger partial charge on any atom is 0.335 e. The Morgan fingerprint density at radius 2 is 1.77 bits per heavy atom. The molecule has 1 aliphatic heterocycles. The van der Waals surface area contributed by atoms with Crippen LogP contribution in [-0.2, 0) is 16.0 Å². The molecule has 2 heterocycles.